The first kappa shape index (κ1) is 29.4. The highest BCUT2D eigenvalue weighted by Crippen LogP contribution is 2.58. The third-order valence-corrected chi connectivity index (χ3v) is 8.10. The summed E-state index contributed by atoms with van der Waals surface area (Å²) >= 11 is 0. The van der Waals surface area contributed by atoms with Gasteiger partial charge in [0.2, 0.25) is 11.8 Å². The van der Waals surface area contributed by atoms with Gasteiger partial charge in [0.1, 0.15) is 11.6 Å². The number of fused-ring (bicyclic) bond motifs is 1. The quantitative estimate of drug-likeness (QED) is 0.169. The van der Waals surface area contributed by atoms with Crippen LogP contribution in [0.15, 0.2) is 25.3 Å². The van der Waals surface area contributed by atoms with Crippen molar-refractivity contribution >= 4 is 17.8 Å². The Hall–Kier alpha value is -2.19. The molecule has 37 heavy (non-hydrogen) atoms. The van der Waals surface area contributed by atoms with Crippen LogP contribution < -0.4 is 0 Å². The predicted octanol–water partition coefficient (Wildman–Crippen LogP) is 3.63. The van der Waals surface area contributed by atoms with E-state index in [4.69, 9.17) is 14.6 Å². The van der Waals surface area contributed by atoms with Crippen molar-refractivity contribution in [3.05, 3.63) is 25.3 Å². The molecule has 208 valence electrons. The third-order valence-electron chi connectivity index (χ3n) is 8.10. The van der Waals surface area contributed by atoms with Crippen molar-refractivity contribution in [2.75, 3.05) is 32.8 Å². The Labute approximate surface area is 222 Å². The highest BCUT2D eigenvalue weighted by molar-refractivity contribution is 5.98. The molecule has 0 aromatic heterocycles. The van der Waals surface area contributed by atoms with Crippen LogP contribution >= 0.6 is 0 Å². The number of allylic oxidation sites excluding steroid dienone is 1. The summed E-state index contributed by atoms with van der Waals surface area (Å²) in [7, 11) is 0. The van der Waals surface area contributed by atoms with E-state index in [-0.39, 0.29) is 30.5 Å². The van der Waals surface area contributed by atoms with Crippen LogP contribution in [0.1, 0.15) is 77.6 Å². The predicted molar refractivity (Wildman–Crippen MR) is 142 cm³/mol. The normalized spacial score (nSPS) is 27.8. The van der Waals surface area contributed by atoms with Crippen molar-refractivity contribution in [2.24, 2.45) is 11.8 Å². The summed E-state index contributed by atoms with van der Waals surface area (Å²) in [5.74, 6) is -2.01. The van der Waals surface area contributed by atoms with Crippen LogP contribution in [0.5, 0.6) is 0 Å². The molecule has 0 aromatic carbocycles. The van der Waals surface area contributed by atoms with E-state index in [1.807, 2.05) is 6.08 Å². The zero-order chi connectivity index (χ0) is 26.8. The molecular weight excluding hydrogens is 472 g/mol. The number of ether oxygens (including phenoxy) is 2. The van der Waals surface area contributed by atoms with E-state index in [1.165, 1.54) is 0 Å². The van der Waals surface area contributed by atoms with Gasteiger partial charge < -0.3 is 24.4 Å². The number of unbranched alkanes of at least 4 members (excludes halogenated alkanes) is 6. The average Bonchev–Trinajstić information content (AvgIpc) is 3.53. The SMILES string of the molecule is C=CCCCCOC(=O)[C@@H]1[C@@H]2CCC3(O2)C(C(=O)N(CC=C)CCCC)N(CCCCCCO)C(=O)[C@H]13. The molecule has 3 rings (SSSR count). The minimum atomic E-state index is -0.984. The Morgan fingerprint density at radius 2 is 1.95 bits per heavy atom. The number of aliphatic hydroxyl groups excluding tert-OH is 1. The Balaban J connectivity index is 1.83. The van der Waals surface area contributed by atoms with Gasteiger partial charge in [-0.15, -0.1) is 13.2 Å². The van der Waals surface area contributed by atoms with Gasteiger partial charge >= 0.3 is 5.97 Å². The molecule has 3 saturated heterocycles. The van der Waals surface area contributed by atoms with Crippen LogP contribution in [-0.4, -0.2) is 83.3 Å². The van der Waals surface area contributed by atoms with Gasteiger partial charge in [0.15, 0.2) is 0 Å². The number of likely N-dealkylation sites (tertiary alicyclic amines) is 1. The molecule has 8 nitrogen and oxygen atoms in total. The van der Waals surface area contributed by atoms with Gasteiger partial charge in [-0.25, -0.2) is 0 Å². The Morgan fingerprint density at radius 3 is 2.65 bits per heavy atom. The van der Waals surface area contributed by atoms with Crippen LogP contribution in [0.3, 0.4) is 0 Å². The number of hydrogen-bond acceptors (Lipinski definition) is 6. The second-order valence-electron chi connectivity index (χ2n) is 10.6. The summed E-state index contributed by atoms with van der Waals surface area (Å²) in [6.07, 6.45) is 11.9. The molecule has 2 unspecified atom stereocenters. The number of aliphatic hydroxyl groups is 1. The summed E-state index contributed by atoms with van der Waals surface area (Å²) in [6.45, 7) is 11.5. The van der Waals surface area contributed by atoms with Gasteiger partial charge in [-0.05, 0) is 51.4 Å². The van der Waals surface area contributed by atoms with Gasteiger partial charge in [0.05, 0.1) is 24.5 Å². The summed E-state index contributed by atoms with van der Waals surface area (Å²) in [6, 6.07) is -0.741. The number of amides is 2. The average molecular weight is 519 g/mol. The Morgan fingerprint density at radius 1 is 1.16 bits per heavy atom. The van der Waals surface area contributed by atoms with E-state index in [0.717, 1.165) is 57.8 Å². The first-order chi connectivity index (χ1) is 18.0. The number of esters is 1. The maximum absolute atomic E-state index is 14.1. The zero-order valence-corrected chi connectivity index (χ0v) is 22.6. The Bertz CT molecular complexity index is 816. The topological polar surface area (TPSA) is 96.4 Å². The lowest BCUT2D eigenvalue weighted by molar-refractivity contribution is -0.155. The van der Waals surface area contributed by atoms with Crippen molar-refractivity contribution in [2.45, 2.75) is 95.3 Å². The van der Waals surface area contributed by atoms with Crippen LogP contribution in [0.4, 0.5) is 0 Å². The van der Waals surface area contributed by atoms with E-state index < -0.39 is 23.5 Å². The third kappa shape index (κ3) is 6.28. The van der Waals surface area contributed by atoms with Gasteiger partial charge in [-0.1, -0.05) is 38.3 Å². The van der Waals surface area contributed by atoms with Gasteiger partial charge in [-0.3, -0.25) is 14.4 Å². The minimum absolute atomic E-state index is 0.112. The standard InChI is InChI=1S/C29H46N2O6/c1-4-7-9-14-21-36-28(35)23-22-15-16-29(37-22)24(23)26(33)31(19-12-10-11-13-20-32)25(29)27(34)30(17-6-3)18-8-5-2/h4,6,22-25,32H,1,3,5,7-21H2,2H3/t22-,23+,24-,25?,29?/m0/s1. The molecule has 0 aliphatic carbocycles. The van der Waals surface area contributed by atoms with E-state index in [1.54, 1.807) is 15.9 Å². The van der Waals surface area contributed by atoms with Crippen LogP contribution in [-0.2, 0) is 23.9 Å². The highest BCUT2D eigenvalue weighted by atomic mass is 16.6. The smallest absolute Gasteiger partial charge is 0.312 e. The molecule has 0 saturated carbocycles. The van der Waals surface area contributed by atoms with Crippen molar-refractivity contribution in [1.29, 1.82) is 0 Å². The second kappa shape index (κ2) is 14.1. The van der Waals surface area contributed by atoms with Crippen molar-refractivity contribution in [3.63, 3.8) is 0 Å². The molecular formula is C29H46N2O6. The molecule has 5 atom stereocenters. The summed E-state index contributed by atoms with van der Waals surface area (Å²) < 4.78 is 12.1. The first-order valence-electron chi connectivity index (χ1n) is 14.2. The van der Waals surface area contributed by atoms with E-state index in [2.05, 4.69) is 20.1 Å². The minimum Gasteiger partial charge on any atom is -0.465 e. The fourth-order valence-corrected chi connectivity index (χ4v) is 6.32. The maximum Gasteiger partial charge on any atom is 0.312 e. The fraction of sp³-hybridized carbons (Fsp3) is 0.759. The fourth-order valence-electron chi connectivity index (χ4n) is 6.32. The monoisotopic (exact) mass is 518 g/mol. The van der Waals surface area contributed by atoms with Crippen molar-refractivity contribution in [1.82, 2.24) is 9.80 Å². The Kier molecular flexibility index (Phi) is 11.2. The van der Waals surface area contributed by atoms with Gasteiger partial charge in [-0.2, -0.15) is 0 Å². The summed E-state index contributed by atoms with van der Waals surface area (Å²) in [5, 5.41) is 9.09. The molecule has 3 heterocycles. The lowest BCUT2D eigenvalue weighted by Gasteiger charge is -2.36. The molecule has 2 amide bonds. The number of nitrogens with zero attached hydrogens (tertiary/aromatic N) is 2. The largest absolute Gasteiger partial charge is 0.465 e. The van der Waals surface area contributed by atoms with E-state index in [0.29, 0.717) is 39.1 Å². The maximum atomic E-state index is 14.1. The van der Waals surface area contributed by atoms with Crippen LogP contribution in [0.2, 0.25) is 0 Å². The lowest BCUT2D eigenvalue weighted by atomic mass is 9.70. The number of rotatable bonds is 18. The molecule has 3 aliphatic rings. The van der Waals surface area contributed by atoms with Crippen LogP contribution in [0.25, 0.3) is 0 Å². The molecule has 2 bridgehead atoms. The molecule has 8 heteroatoms. The number of carbonyl (C=O) groups is 3. The molecule has 3 aliphatic heterocycles. The molecule has 1 N–H and O–H groups in total. The highest BCUT2D eigenvalue weighted by Gasteiger charge is 2.74. The first-order valence-corrected chi connectivity index (χ1v) is 14.2. The van der Waals surface area contributed by atoms with Crippen LogP contribution in [0, 0.1) is 11.8 Å². The van der Waals surface area contributed by atoms with E-state index >= 15 is 0 Å². The molecule has 0 radical (unpaired) electrons. The van der Waals surface area contributed by atoms with Gasteiger partial charge in [0, 0.05) is 26.2 Å². The second-order valence-corrected chi connectivity index (χ2v) is 10.6. The van der Waals surface area contributed by atoms with Crippen molar-refractivity contribution in [3.8, 4) is 0 Å². The van der Waals surface area contributed by atoms with E-state index in [9.17, 15) is 14.4 Å². The van der Waals surface area contributed by atoms with Crippen molar-refractivity contribution < 1.29 is 29.0 Å². The number of hydrogen-bond donors (Lipinski definition) is 1. The molecule has 0 aromatic rings. The lowest BCUT2D eigenvalue weighted by Crippen LogP contribution is -2.56. The molecule has 3 fully saturated rings. The summed E-state index contributed by atoms with van der Waals surface area (Å²) in [4.78, 5) is 44.7. The van der Waals surface area contributed by atoms with Gasteiger partial charge in [0.25, 0.3) is 0 Å². The number of carbonyl (C=O) groups excluding carboxylic acids is 3. The summed E-state index contributed by atoms with van der Waals surface area (Å²) in [5.41, 5.74) is -0.984. The zero-order valence-electron chi connectivity index (χ0n) is 22.6. The molecule has 1 spiro atoms.